The standard InChI is InChI=1S/C9H20N2O2/c1-9(2,5-7-12)11-6-4-8(13)10-3/h11-12H,4-7H2,1-3H3,(H,10,13). The molecule has 0 saturated carbocycles. The third-order valence-corrected chi connectivity index (χ3v) is 1.97. The molecule has 0 radical (unpaired) electrons. The fourth-order valence-corrected chi connectivity index (χ4v) is 1.01. The second kappa shape index (κ2) is 5.94. The first kappa shape index (κ1) is 12.4. The molecule has 0 heterocycles. The molecule has 3 N–H and O–H groups in total. The molecule has 0 aliphatic rings. The van der Waals surface area contributed by atoms with Crippen molar-refractivity contribution in [1.29, 1.82) is 0 Å². The number of hydrogen-bond acceptors (Lipinski definition) is 3. The van der Waals surface area contributed by atoms with Gasteiger partial charge in [0.25, 0.3) is 0 Å². The van der Waals surface area contributed by atoms with Gasteiger partial charge in [-0.05, 0) is 20.3 Å². The maximum Gasteiger partial charge on any atom is 0.221 e. The van der Waals surface area contributed by atoms with E-state index in [0.29, 0.717) is 19.4 Å². The molecule has 0 saturated heterocycles. The summed E-state index contributed by atoms with van der Waals surface area (Å²) in [6.45, 7) is 4.83. The Morgan fingerprint density at radius 1 is 1.46 bits per heavy atom. The fourth-order valence-electron chi connectivity index (χ4n) is 1.01. The van der Waals surface area contributed by atoms with E-state index in [1.165, 1.54) is 0 Å². The van der Waals surface area contributed by atoms with Crippen LogP contribution in [0.3, 0.4) is 0 Å². The molecule has 0 aromatic heterocycles. The molecule has 0 bridgehead atoms. The largest absolute Gasteiger partial charge is 0.396 e. The first-order valence-electron chi connectivity index (χ1n) is 4.58. The van der Waals surface area contributed by atoms with E-state index in [2.05, 4.69) is 10.6 Å². The summed E-state index contributed by atoms with van der Waals surface area (Å²) in [4.78, 5) is 10.9. The Hall–Kier alpha value is -0.610. The predicted molar refractivity (Wildman–Crippen MR) is 52.5 cm³/mol. The number of nitrogens with one attached hydrogen (secondary N) is 2. The van der Waals surface area contributed by atoms with E-state index in [0.717, 1.165) is 0 Å². The summed E-state index contributed by atoms with van der Waals surface area (Å²) < 4.78 is 0. The lowest BCUT2D eigenvalue weighted by Crippen LogP contribution is -2.41. The molecule has 0 aromatic carbocycles. The third-order valence-electron chi connectivity index (χ3n) is 1.97. The molecule has 0 unspecified atom stereocenters. The Labute approximate surface area is 79.7 Å². The van der Waals surface area contributed by atoms with E-state index < -0.39 is 0 Å². The second-order valence-corrected chi connectivity index (χ2v) is 3.71. The maximum absolute atomic E-state index is 10.9. The van der Waals surface area contributed by atoms with Crippen LogP contribution in [0, 0.1) is 0 Å². The molecule has 0 rings (SSSR count). The topological polar surface area (TPSA) is 61.4 Å². The molecule has 0 aliphatic heterocycles. The summed E-state index contributed by atoms with van der Waals surface area (Å²) in [7, 11) is 1.63. The zero-order chi connectivity index (χ0) is 10.3. The van der Waals surface area contributed by atoms with Crippen LogP contribution < -0.4 is 10.6 Å². The summed E-state index contributed by atoms with van der Waals surface area (Å²) >= 11 is 0. The highest BCUT2D eigenvalue weighted by atomic mass is 16.3. The molecule has 0 fully saturated rings. The zero-order valence-electron chi connectivity index (χ0n) is 8.68. The number of amides is 1. The van der Waals surface area contributed by atoms with Crippen LogP contribution in [-0.4, -0.2) is 36.8 Å². The lowest BCUT2D eigenvalue weighted by molar-refractivity contribution is -0.120. The van der Waals surface area contributed by atoms with Gasteiger partial charge in [0.2, 0.25) is 5.91 Å². The Kier molecular flexibility index (Phi) is 5.66. The van der Waals surface area contributed by atoms with Crippen LogP contribution in [0.15, 0.2) is 0 Å². The van der Waals surface area contributed by atoms with Gasteiger partial charge < -0.3 is 15.7 Å². The van der Waals surface area contributed by atoms with Gasteiger partial charge in [0.05, 0.1) is 0 Å². The normalized spacial score (nSPS) is 11.4. The molecule has 1 amide bonds. The fraction of sp³-hybridized carbons (Fsp3) is 0.889. The monoisotopic (exact) mass is 188 g/mol. The van der Waals surface area contributed by atoms with Gasteiger partial charge in [-0.15, -0.1) is 0 Å². The molecular weight excluding hydrogens is 168 g/mol. The molecule has 4 heteroatoms. The molecule has 0 spiro atoms. The Bertz CT molecular complexity index is 158. The quantitative estimate of drug-likeness (QED) is 0.544. The lowest BCUT2D eigenvalue weighted by Gasteiger charge is -2.25. The summed E-state index contributed by atoms with van der Waals surface area (Å²) in [5.74, 6) is 0.0345. The average Bonchev–Trinajstić information content (AvgIpc) is 2.03. The van der Waals surface area contributed by atoms with Gasteiger partial charge in [0.15, 0.2) is 0 Å². The van der Waals surface area contributed by atoms with Crippen LogP contribution >= 0.6 is 0 Å². The number of hydrogen-bond donors (Lipinski definition) is 3. The van der Waals surface area contributed by atoms with E-state index >= 15 is 0 Å². The lowest BCUT2D eigenvalue weighted by atomic mass is 10.0. The molecular formula is C9H20N2O2. The number of rotatable bonds is 6. The van der Waals surface area contributed by atoms with E-state index in [1.807, 2.05) is 13.8 Å². The van der Waals surface area contributed by atoms with Gasteiger partial charge in [-0.1, -0.05) is 0 Å². The summed E-state index contributed by atoms with van der Waals surface area (Å²) in [5, 5.41) is 14.5. The van der Waals surface area contributed by atoms with Crippen molar-refractivity contribution >= 4 is 5.91 Å². The van der Waals surface area contributed by atoms with Crippen molar-refractivity contribution in [2.45, 2.75) is 32.2 Å². The molecule has 4 nitrogen and oxygen atoms in total. The van der Waals surface area contributed by atoms with Gasteiger partial charge in [-0.2, -0.15) is 0 Å². The maximum atomic E-state index is 10.9. The molecule has 0 aliphatic carbocycles. The van der Waals surface area contributed by atoms with Crippen molar-refractivity contribution in [2.24, 2.45) is 0 Å². The highest BCUT2D eigenvalue weighted by Gasteiger charge is 2.15. The van der Waals surface area contributed by atoms with Gasteiger partial charge >= 0.3 is 0 Å². The minimum Gasteiger partial charge on any atom is -0.396 e. The summed E-state index contributed by atoms with van der Waals surface area (Å²) in [6, 6.07) is 0. The molecule has 0 atom stereocenters. The third kappa shape index (κ3) is 6.54. The van der Waals surface area contributed by atoms with Crippen LogP contribution in [0.5, 0.6) is 0 Å². The van der Waals surface area contributed by atoms with Crippen LogP contribution in [-0.2, 0) is 4.79 Å². The van der Waals surface area contributed by atoms with E-state index in [4.69, 9.17) is 5.11 Å². The van der Waals surface area contributed by atoms with E-state index in [9.17, 15) is 4.79 Å². The van der Waals surface area contributed by atoms with Crippen molar-refractivity contribution in [1.82, 2.24) is 10.6 Å². The van der Waals surface area contributed by atoms with Crippen LogP contribution in [0.2, 0.25) is 0 Å². The number of carbonyl (C=O) groups is 1. The number of carbonyl (C=O) groups excluding carboxylic acids is 1. The molecule has 0 aromatic rings. The minimum absolute atomic E-state index is 0.0345. The Balaban J connectivity index is 3.56. The van der Waals surface area contributed by atoms with Crippen molar-refractivity contribution < 1.29 is 9.90 Å². The van der Waals surface area contributed by atoms with Crippen molar-refractivity contribution in [2.75, 3.05) is 20.2 Å². The zero-order valence-corrected chi connectivity index (χ0v) is 8.68. The highest BCUT2D eigenvalue weighted by molar-refractivity contribution is 5.75. The van der Waals surface area contributed by atoms with Crippen LogP contribution in [0.4, 0.5) is 0 Å². The van der Waals surface area contributed by atoms with Crippen molar-refractivity contribution in [3.63, 3.8) is 0 Å². The van der Waals surface area contributed by atoms with Crippen molar-refractivity contribution in [3.05, 3.63) is 0 Å². The smallest absolute Gasteiger partial charge is 0.221 e. The Morgan fingerprint density at radius 2 is 2.08 bits per heavy atom. The summed E-state index contributed by atoms with van der Waals surface area (Å²) in [5.41, 5.74) is -0.0945. The summed E-state index contributed by atoms with van der Waals surface area (Å²) in [6.07, 6.45) is 1.17. The van der Waals surface area contributed by atoms with Gasteiger partial charge in [0.1, 0.15) is 0 Å². The Morgan fingerprint density at radius 3 is 2.54 bits per heavy atom. The van der Waals surface area contributed by atoms with Crippen LogP contribution in [0.25, 0.3) is 0 Å². The van der Waals surface area contributed by atoms with Crippen LogP contribution in [0.1, 0.15) is 26.7 Å². The SMILES string of the molecule is CNC(=O)CCNC(C)(C)CCO. The molecule has 13 heavy (non-hydrogen) atoms. The van der Waals surface area contributed by atoms with Gasteiger partial charge in [-0.25, -0.2) is 0 Å². The number of aliphatic hydroxyl groups is 1. The highest BCUT2D eigenvalue weighted by Crippen LogP contribution is 2.06. The molecule has 78 valence electrons. The van der Waals surface area contributed by atoms with Gasteiger partial charge in [0, 0.05) is 32.2 Å². The minimum atomic E-state index is -0.0945. The van der Waals surface area contributed by atoms with E-state index in [1.54, 1.807) is 7.05 Å². The van der Waals surface area contributed by atoms with E-state index in [-0.39, 0.29) is 18.1 Å². The average molecular weight is 188 g/mol. The predicted octanol–water partition coefficient (Wildman–Crippen LogP) is -0.127. The van der Waals surface area contributed by atoms with Gasteiger partial charge in [-0.3, -0.25) is 4.79 Å². The number of aliphatic hydroxyl groups excluding tert-OH is 1. The first-order chi connectivity index (χ1) is 6.02. The van der Waals surface area contributed by atoms with Crippen molar-refractivity contribution in [3.8, 4) is 0 Å². The second-order valence-electron chi connectivity index (χ2n) is 3.71. The first-order valence-corrected chi connectivity index (χ1v) is 4.58.